The number of nitrogens with zero attached hydrogens (tertiary/aromatic N) is 1. The highest BCUT2D eigenvalue weighted by Crippen LogP contribution is 1.98. The molecule has 0 fully saturated rings. The maximum absolute atomic E-state index is 11.2. The summed E-state index contributed by atoms with van der Waals surface area (Å²) in [5.41, 5.74) is 0.928. The lowest BCUT2D eigenvalue weighted by Gasteiger charge is -2.05. The monoisotopic (exact) mass is 181 g/mol. The smallest absolute Gasteiger partial charge is 0.220 e. The van der Waals surface area contributed by atoms with Gasteiger partial charge in [-0.15, -0.1) is 0 Å². The van der Waals surface area contributed by atoms with Gasteiger partial charge in [-0.1, -0.05) is 13.8 Å². The van der Waals surface area contributed by atoms with E-state index in [9.17, 15) is 4.79 Å². The van der Waals surface area contributed by atoms with Gasteiger partial charge in [0.15, 0.2) is 0 Å². The molecule has 72 valence electrons. The van der Waals surface area contributed by atoms with E-state index in [1.807, 2.05) is 19.9 Å². The molecule has 1 rings (SSSR count). The third kappa shape index (κ3) is 3.73. The molecule has 0 saturated heterocycles. The third-order valence-corrected chi connectivity index (χ3v) is 1.63. The molecule has 13 heavy (non-hydrogen) atoms. The molecule has 2 N–H and O–H groups in total. The second-order valence-corrected chi connectivity index (χ2v) is 3.46. The van der Waals surface area contributed by atoms with Crippen molar-refractivity contribution in [1.29, 1.82) is 0 Å². The fourth-order valence-electron chi connectivity index (χ4n) is 1.02. The van der Waals surface area contributed by atoms with E-state index >= 15 is 0 Å². The Bertz CT molecular complexity index is 254. The third-order valence-electron chi connectivity index (χ3n) is 1.63. The highest BCUT2D eigenvalue weighted by atomic mass is 16.1. The van der Waals surface area contributed by atoms with Crippen LogP contribution in [0.5, 0.6) is 0 Å². The lowest BCUT2D eigenvalue weighted by atomic mass is 10.1. The van der Waals surface area contributed by atoms with Gasteiger partial charge in [0.2, 0.25) is 5.91 Å². The molecule has 4 nitrogen and oxygen atoms in total. The van der Waals surface area contributed by atoms with Crippen molar-refractivity contribution in [3.8, 4) is 0 Å². The predicted molar refractivity (Wildman–Crippen MR) is 49.9 cm³/mol. The van der Waals surface area contributed by atoms with Gasteiger partial charge in [0.25, 0.3) is 0 Å². The van der Waals surface area contributed by atoms with E-state index in [0.29, 0.717) is 18.9 Å². The largest absolute Gasteiger partial charge is 0.350 e. The van der Waals surface area contributed by atoms with Gasteiger partial charge in [0.1, 0.15) is 0 Å². The Morgan fingerprint density at radius 2 is 2.46 bits per heavy atom. The van der Waals surface area contributed by atoms with Crippen molar-refractivity contribution < 1.29 is 4.79 Å². The fraction of sp³-hybridized carbons (Fsp3) is 0.556. The Labute approximate surface area is 77.7 Å². The Hall–Kier alpha value is -1.32. The number of hydrogen-bond donors (Lipinski definition) is 2. The molecule has 4 heteroatoms. The number of nitrogens with one attached hydrogen (secondary N) is 2. The van der Waals surface area contributed by atoms with Gasteiger partial charge >= 0.3 is 0 Å². The van der Waals surface area contributed by atoms with E-state index in [2.05, 4.69) is 15.5 Å². The molecule has 0 radical (unpaired) electrons. The van der Waals surface area contributed by atoms with E-state index in [1.54, 1.807) is 6.20 Å². The Balaban J connectivity index is 2.23. The zero-order valence-corrected chi connectivity index (χ0v) is 8.00. The lowest BCUT2D eigenvalue weighted by molar-refractivity contribution is -0.121. The summed E-state index contributed by atoms with van der Waals surface area (Å²) in [5.74, 6) is 0.492. The van der Waals surface area contributed by atoms with Crippen LogP contribution < -0.4 is 5.32 Å². The summed E-state index contributed by atoms with van der Waals surface area (Å²) < 4.78 is 0. The molecule has 0 unspecified atom stereocenters. The molecule has 1 heterocycles. The lowest BCUT2D eigenvalue weighted by Crippen LogP contribution is -2.24. The van der Waals surface area contributed by atoms with Crippen LogP contribution in [0.4, 0.5) is 0 Å². The van der Waals surface area contributed by atoms with Gasteiger partial charge in [0.05, 0.1) is 12.2 Å². The number of carbonyl (C=O) groups excluding carboxylic acids is 1. The zero-order valence-electron chi connectivity index (χ0n) is 8.00. The first kappa shape index (κ1) is 9.77. The van der Waals surface area contributed by atoms with Crippen LogP contribution in [-0.4, -0.2) is 16.1 Å². The van der Waals surface area contributed by atoms with Gasteiger partial charge in [0, 0.05) is 12.6 Å². The molecular formula is C9H15N3O. The molecule has 1 aromatic rings. The number of aromatic amines is 1. The average molecular weight is 181 g/mol. The van der Waals surface area contributed by atoms with Crippen LogP contribution >= 0.6 is 0 Å². The second-order valence-electron chi connectivity index (χ2n) is 3.46. The first-order chi connectivity index (χ1) is 6.18. The van der Waals surface area contributed by atoms with Crippen LogP contribution in [0.1, 0.15) is 26.0 Å². The number of hydrogen-bond acceptors (Lipinski definition) is 2. The molecule has 0 aliphatic heterocycles. The summed E-state index contributed by atoms with van der Waals surface area (Å²) in [7, 11) is 0. The normalized spacial score (nSPS) is 10.4. The van der Waals surface area contributed by atoms with Crippen molar-refractivity contribution in [2.75, 3.05) is 0 Å². The van der Waals surface area contributed by atoms with E-state index < -0.39 is 0 Å². The number of H-pyrrole nitrogens is 1. The summed E-state index contributed by atoms with van der Waals surface area (Å²) in [6.45, 7) is 4.58. The topological polar surface area (TPSA) is 57.8 Å². The molecule has 1 amide bonds. The molecular weight excluding hydrogens is 166 g/mol. The van der Waals surface area contributed by atoms with Crippen LogP contribution in [0.25, 0.3) is 0 Å². The highest BCUT2D eigenvalue weighted by Gasteiger charge is 2.03. The average Bonchev–Trinajstić information content (AvgIpc) is 2.51. The zero-order chi connectivity index (χ0) is 9.68. The van der Waals surface area contributed by atoms with E-state index in [1.165, 1.54) is 0 Å². The first-order valence-electron chi connectivity index (χ1n) is 4.43. The van der Waals surface area contributed by atoms with Crippen molar-refractivity contribution in [1.82, 2.24) is 15.5 Å². The first-order valence-corrected chi connectivity index (χ1v) is 4.43. The van der Waals surface area contributed by atoms with Crippen molar-refractivity contribution in [3.05, 3.63) is 18.0 Å². The SMILES string of the molecule is CC(C)CC(=O)NCc1ccn[nH]1. The van der Waals surface area contributed by atoms with E-state index in [-0.39, 0.29) is 5.91 Å². The number of rotatable bonds is 4. The minimum absolute atomic E-state index is 0.0876. The standard InChI is InChI=1S/C9H15N3O/c1-7(2)5-9(13)10-6-8-3-4-11-12-8/h3-4,7H,5-6H2,1-2H3,(H,10,13)(H,11,12). The number of aromatic nitrogens is 2. The summed E-state index contributed by atoms with van der Waals surface area (Å²) in [4.78, 5) is 11.2. The van der Waals surface area contributed by atoms with Gasteiger partial charge in [-0.2, -0.15) is 5.10 Å². The fourth-order valence-corrected chi connectivity index (χ4v) is 1.02. The summed E-state index contributed by atoms with van der Waals surface area (Å²) in [6.07, 6.45) is 2.25. The van der Waals surface area contributed by atoms with Crippen LogP contribution in [0.3, 0.4) is 0 Å². The molecule has 0 aliphatic rings. The maximum Gasteiger partial charge on any atom is 0.220 e. The van der Waals surface area contributed by atoms with Crippen molar-refractivity contribution in [3.63, 3.8) is 0 Å². The number of carbonyl (C=O) groups is 1. The summed E-state index contributed by atoms with van der Waals surface area (Å²) in [5, 5.41) is 9.37. The predicted octanol–water partition coefficient (Wildman–Crippen LogP) is 1.07. The number of amides is 1. The minimum atomic E-state index is 0.0876. The maximum atomic E-state index is 11.2. The molecule has 0 spiro atoms. The highest BCUT2D eigenvalue weighted by molar-refractivity contribution is 5.75. The van der Waals surface area contributed by atoms with Crippen molar-refractivity contribution in [2.24, 2.45) is 5.92 Å². The van der Waals surface area contributed by atoms with Crippen LogP contribution in [0, 0.1) is 5.92 Å². The molecule has 1 aromatic heterocycles. The van der Waals surface area contributed by atoms with Gasteiger partial charge < -0.3 is 5.32 Å². The van der Waals surface area contributed by atoms with Gasteiger partial charge in [-0.25, -0.2) is 0 Å². The Morgan fingerprint density at radius 3 is 3.00 bits per heavy atom. The van der Waals surface area contributed by atoms with E-state index in [4.69, 9.17) is 0 Å². The van der Waals surface area contributed by atoms with Gasteiger partial charge in [-0.05, 0) is 12.0 Å². The molecule has 0 bridgehead atoms. The van der Waals surface area contributed by atoms with Crippen LogP contribution in [0.15, 0.2) is 12.3 Å². The molecule has 0 saturated carbocycles. The Kier molecular flexibility index (Phi) is 3.49. The van der Waals surface area contributed by atoms with Gasteiger partial charge in [-0.3, -0.25) is 9.89 Å². The molecule has 0 aromatic carbocycles. The van der Waals surface area contributed by atoms with E-state index in [0.717, 1.165) is 5.69 Å². The molecule has 0 atom stereocenters. The summed E-state index contributed by atoms with van der Waals surface area (Å²) >= 11 is 0. The molecule has 0 aliphatic carbocycles. The minimum Gasteiger partial charge on any atom is -0.350 e. The Morgan fingerprint density at radius 1 is 1.69 bits per heavy atom. The van der Waals surface area contributed by atoms with Crippen molar-refractivity contribution >= 4 is 5.91 Å². The van der Waals surface area contributed by atoms with Crippen molar-refractivity contribution in [2.45, 2.75) is 26.8 Å². The van der Waals surface area contributed by atoms with Crippen LogP contribution in [-0.2, 0) is 11.3 Å². The second kappa shape index (κ2) is 4.64. The quantitative estimate of drug-likeness (QED) is 0.730. The van der Waals surface area contributed by atoms with Crippen LogP contribution in [0.2, 0.25) is 0 Å². The summed E-state index contributed by atoms with van der Waals surface area (Å²) in [6, 6.07) is 1.84.